The molecule has 0 fully saturated rings. The Labute approximate surface area is 65.8 Å². The fourth-order valence-electron chi connectivity index (χ4n) is 0.767. The minimum Gasteiger partial charge on any atom is -0.257 e. The Morgan fingerprint density at radius 2 is 2.45 bits per heavy atom. The van der Waals surface area contributed by atoms with Crippen molar-refractivity contribution in [3.8, 4) is 6.07 Å². The SMILES string of the molecule is CC(=CC#N)c1ccccn1. The van der Waals surface area contributed by atoms with Crippen molar-refractivity contribution in [2.45, 2.75) is 6.92 Å². The first kappa shape index (κ1) is 7.49. The van der Waals surface area contributed by atoms with Gasteiger partial charge < -0.3 is 0 Å². The third-order valence-corrected chi connectivity index (χ3v) is 1.35. The smallest absolute Gasteiger partial charge is 0.0915 e. The highest BCUT2D eigenvalue weighted by Gasteiger charge is 1.92. The van der Waals surface area contributed by atoms with E-state index < -0.39 is 0 Å². The van der Waals surface area contributed by atoms with Crippen molar-refractivity contribution in [2.75, 3.05) is 0 Å². The summed E-state index contributed by atoms with van der Waals surface area (Å²) >= 11 is 0. The average molecular weight is 144 g/mol. The van der Waals surface area contributed by atoms with Crippen LogP contribution in [0.1, 0.15) is 12.6 Å². The van der Waals surface area contributed by atoms with Gasteiger partial charge in [-0.05, 0) is 24.6 Å². The van der Waals surface area contributed by atoms with Crippen LogP contribution in [0.15, 0.2) is 30.5 Å². The van der Waals surface area contributed by atoms with E-state index in [1.54, 1.807) is 6.20 Å². The maximum atomic E-state index is 8.34. The van der Waals surface area contributed by atoms with Gasteiger partial charge in [0.15, 0.2) is 0 Å². The van der Waals surface area contributed by atoms with Crippen LogP contribution in [-0.2, 0) is 0 Å². The van der Waals surface area contributed by atoms with Crippen molar-refractivity contribution in [2.24, 2.45) is 0 Å². The molecule has 0 radical (unpaired) electrons. The molecule has 1 aromatic rings. The molecule has 0 unspecified atom stereocenters. The molecule has 2 heteroatoms. The number of rotatable bonds is 1. The second-order valence-electron chi connectivity index (χ2n) is 2.17. The topological polar surface area (TPSA) is 36.7 Å². The highest BCUT2D eigenvalue weighted by Crippen LogP contribution is 2.07. The van der Waals surface area contributed by atoms with Crippen molar-refractivity contribution in [3.63, 3.8) is 0 Å². The van der Waals surface area contributed by atoms with Gasteiger partial charge in [0.1, 0.15) is 0 Å². The summed E-state index contributed by atoms with van der Waals surface area (Å²) in [4.78, 5) is 4.08. The zero-order valence-electron chi connectivity index (χ0n) is 6.28. The molecule has 0 saturated carbocycles. The lowest BCUT2D eigenvalue weighted by molar-refractivity contribution is 1.27. The lowest BCUT2D eigenvalue weighted by atomic mass is 10.2. The van der Waals surface area contributed by atoms with Crippen LogP contribution in [0.3, 0.4) is 0 Å². The normalized spacial score (nSPS) is 10.7. The van der Waals surface area contributed by atoms with E-state index in [1.807, 2.05) is 31.2 Å². The average Bonchev–Trinajstić information content (AvgIpc) is 2.07. The third kappa shape index (κ3) is 1.91. The van der Waals surface area contributed by atoms with E-state index in [-0.39, 0.29) is 0 Å². The predicted octanol–water partition coefficient (Wildman–Crippen LogP) is 2.01. The van der Waals surface area contributed by atoms with Crippen LogP contribution in [0.2, 0.25) is 0 Å². The first-order valence-electron chi connectivity index (χ1n) is 3.32. The molecular weight excluding hydrogens is 136 g/mol. The lowest BCUT2D eigenvalue weighted by Gasteiger charge is -1.94. The van der Waals surface area contributed by atoms with E-state index in [9.17, 15) is 0 Å². The Balaban J connectivity index is 2.96. The summed E-state index contributed by atoms with van der Waals surface area (Å²) in [5.74, 6) is 0. The molecule has 2 nitrogen and oxygen atoms in total. The molecule has 0 amide bonds. The van der Waals surface area contributed by atoms with E-state index in [0.29, 0.717) is 0 Å². The highest BCUT2D eigenvalue weighted by atomic mass is 14.7. The van der Waals surface area contributed by atoms with Crippen LogP contribution >= 0.6 is 0 Å². The molecule has 11 heavy (non-hydrogen) atoms. The zero-order valence-corrected chi connectivity index (χ0v) is 6.28. The Kier molecular flexibility index (Phi) is 2.40. The van der Waals surface area contributed by atoms with Crippen LogP contribution in [0.5, 0.6) is 0 Å². The molecule has 0 aliphatic carbocycles. The van der Waals surface area contributed by atoms with Crippen LogP contribution < -0.4 is 0 Å². The first-order chi connectivity index (χ1) is 5.34. The van der Waals surface area contributed by atoms with Gasteiger partial charge in [-0.3, -0.25) is 4.98 Å². The van der Waals surface area contributed by atoms with Gasteiger partial charge in [-0.25, -0.2) is 0 Å². The molecule has 1 heterocycles. The quantitative estimate of drug-likeness (QED) is 0.565. The van der Waals surface area contributed by atoms with Crippen molar-refractivity contribution in [1.82, 2.24) is 4.98 Å². The molecule has 0 spiro atoms. The zero-order chi connectivity index (χ0) is 8.10. The summed E-state index contributed by atoms with van der Waals surface area (Å²) in [7, 11) is 0. The van der Waals surface area contributed by atoms with E-state index in [4.69, 9.17) is 5.26 Å². The van der Waals surface area contributed by atoms with Gasteiger partial charge >= 0.3 is 0 Å². The molecule has 0 bridgehead atoms. The van der Waals surface area contributed by atoms with Gasteiger partial charge in [-0.15, -0.1) is 0 Å². The molecule has 0 aliphatic heterocycles. The number of nitriles is 1. The lowest BCUT2D eigenvalue weighted by Crippen LogP contribution is -1.82. The maximum absolute atomic E-state index is 8.34. The molecule has 1 rings (SSSR count). The van der Waals surface area contributed by atoms with Crippen LogP contribution in [0.25, 0.3) is 5.57 Å². The summed E-state index contributed by atoms with van der Waals surface area (Å²) in [6, 6.07) is 7.59. The summed E-state index contributed by atoms with van der Waals surface area (Å²) in [5.41, 5.74) is 1.75. The summed E-state index contributed by atoms with van der Waals surface area (Å²) in [6.07, 6.45) is 3.20. The summed E-state index contributed by atoms with van der Waals surface area (Å²) in [6.45, 7) is 1.87. The Bertz CT molecular complexity index is 293. The summed E-state index contributed by atoms with van der Waals surface area (Å²) < 4.78 is 0. The number of allylic oxidation sites excluding steroid dienone is 2. The molecule has 0 atom stereocenters. The van der Waals surface area contributed by atoms with Gasteiger partial charge in [0.25, 0.3) is 0 Å². The van der Waals surface area contributed by atoms with E-state index in [0.717, 1.165) is 11.3 Å². The Hall–Kier alpha value is -1.62. The molecular formula is C9H8N2. The van der Waals surface area contributed by atoms with Gasteiger partial charge in [0.05, 0.1) is 11.8 Å². The number of pyridine rings is 1. The van der Waals surface area contributed by atoms with Crippen LogP contribution in [0.4, 0.5) is 0 Å². The maximum Gasteiger partial charge on any atom is 0.0915 e. The fraction of sp³-hybridized carbons (Fsp3) is 0.111. The number of aromatic nitrogens is 1. The van der Waals surface area contributed by atoms with Gasteiger partial charge in [0.2, 0.25) is 0 Å². The predicted molar refractivity (Wildman–Crippen MR) is 43.5 cm³/mol. The van der Waals surface area contributed by atoms with Gasteiger partial charge in [-0.2, -0.15) is 5.26 Å². The first-order valence-corrected chi connectivity index (χ1v) is 3.32. The van der Waals surface area contributed by atoms with E-state index >= 15 is 0 Å². The number of hydrogen-bond donors (Lipinski definition) is 0. The van der Waals surface area contributed by atoms with Crippen LogP contribution in [-0.4, -0.2) is 4.98 Å². The molecule has 0 saturated heterocycles. The molecule has 0 aromatic carbocycles. The fourth-order valence-corrected chi connectivity index (χ4v) is 0.767. The van der Waals surface area contributed by atoms with Crippen molar-refractivity contribution >= 4 is 5.57 Å². The minimum atomic E-state index is 0.856. The molecule has 0 aliphatic rings. The Morgan fingerprint density at radius 3 is 3.00 bits per heavy atom. The monoisotopic (exact) mass is 144 g/mol. The standard InChI is InChI=1S/C9H8N2/c1-8(5-6-10)9-4-2-3-7-11-9/h2-5,7H,1H3. The van der Waals surface area contributed by atoms with Gasteiger partial charge in [0, 0.05) is 12.3 Å². The largest absolute Gasteiger partial charge is 0.257 e. The summed E-state index contributed by atoms with van der Waals surface area (Å²) in [5, 5.41) is 8.34. The molecule has 1 aromatic heterocycles. The number of hydrogen-bond acceptors (Lipinski definition) is 2. The third-order valence-electron chi connectivity index (χ3n) is 1.35. The Morgan fingerprint density at radius 1 is 1.64 bits per heavy atom. The second kappa shape index (κ2) is 3.52. The highest BCUT2D eigenvalue weighted by molar-refractivity contribution is 5.62. The molecule has 0 N–H and O–H groups in total. The van der Waals surface area contributed by atoms with E-state index in [1.165, 1.54) is 6.08 Å². The van der Waals surface area contributed by atoms with Crippen molar-refractivity contribution < 1.29 is 0 Å². The van der Waals surface area contributed by atoms with Crippen LogP contribution in [0, 0.1) is 11.3 Å². The minimum absolute atomic E-state index is 0.856. The second-order valence-corrected chi connectivity index (χ2v) is 2.17. The molecule has 54 valence electrons. The van der Waals surface area contributed by atoms with E-state index in [2.05, 4.69) is 4.98 Å². The van der Waals surface area contributed by atoms with Gasteiger partial charge in [-0.1, -0.05) is 6.07 Å². The number of nitrogens with zero attached hydrogens (tertiary/aromatic N) is 2. The van der Waals surface area contributed by atoms with Crippen molar-refractivity contribution in [1.29, 1.82) is 5.26 Å². The van der Waals surface area contributed by atoms with Crippen molar-refractivity contribution in [3.05, 3.63) is 36.2 Å².